The molecule has 1 atom stereocenters. The van der Waals surface area contributed by atoms with Gasteiger partial charge in [0.1, 0.15) is 5.82 Å². The summed E-state index contributed by atoms with van der Waals surface area (Å²) in [5.41, 5.74) is 2.56. The predicted octanol–water partition coefficient (Wildman–Crippen LogP) is 3.21. The maximum atomic E-state index is 5.60. The van der Waals surface area contributed by atoms with Crippen LogP contribution >= 0.6 is 0 Å². The van der Waals surface area contributed by atoms with Crippen LogP contribution in [0.3, 0.4) is 0 Å². The SMILES string of the molecule is CCc1cc(Nc2cc(C)[nH]n2)nc(N2CC[C@H]2c2cc(-c3ncccn3)no2)n1. The Hall–Kier alpha value is -3.82. The molecule has 30 heavy (non-hydrogen) atoms. The summed E-state index contributed by atoms with van der Waals surface area (Å²) in [4.78, 5) is 20.0. The summed E-state index contributed by atoms with van der Waals surface area (Å²) in [6.45, 7) is 4.87. The molecule has 10 heteroatoms. The zero-order valence-corrected chi connectivity index (χ0v) is 16.7. The van der Waals surface area contributed by atoms with E-state index in [1.807, 2.05) is 25.1 Å². The van der Waals surface area contributed by atoms with Crippen LogP contribution in [0.15, 0.2) is 41.2 Å². The lowest BCUT2D eigenvalue weighted by molar-refractivity contribution is 0.315. The van der Waals surface area contributed by atoms with E-state index < -0.39 is 0 Å². The van der Waals surface area contributed by atoms with Crippen LogP contribution in [-0.2, 0) is 6.42 Å². The van der Waals surface area contributed by atoms with Gasteiger partial charge in [0.25, 0.3) is 0 Å². The smallest absolute Gasteiger partial charge is 0.228 e. The largest absolute Gasteiger partial charge is 0.358 e. The van der Waals surface area contributed by atoms with Crippen LogP contribution in [0.5, 0.6) is 0 Å². The molecule has 0 radical (unpaired) electrons. The third kappa shape index (κ3) is 3.47. The Labute approximate surface area is 172 Å². The first-order valence-corrected chi connectivity index (χ1v) is 9.87. The molecule has 0 aromatic carbocycles. The molecule has 1 saturated heterocycles. The standard InChI is InChI=1S/C20H21N9O/c1-3-13-10-17(24-18-9-12(2)26-27-18)25-20(23-13)29-8-5-15(29)16-11-14(28-30-16)19-21-6-4-7-22-19/h4,6-7,9-11,15H,3,5,8H2,1-2H3,(H2,23,24,25,26,27)/t15-/m0/s1. The molecule has 10 nitrogen and oxygen atoms in total. The van der Waals surface area contributed by atoms with Gasteiger partial charge in [0, 0.05) is 48.5 Å². The van der Waals surface area contributed by atoms with E-state index in [0.717, 1.165) is 42.4 Å². The van der Waals surface area contributed by atoms with Crippen LogP contribution in [0, 0.1) is 6.92 Å². The van der Waals surface area contributed by atoms with E-state index in [0.29, 0.717) is 23.3 Å². The van der Waals surface area contributed by atoms with Crippen LogP contribution in [0.25, 0.3) is 11.5 Å². The Morgan fingerprint density at radius 2 is 2.03 bits per heavy atom. The Kier molecular flexibility index (Phi) is 4.58. The van der Waals surface area contributed by atoms with E-state index in [1.165, 1.54) is 0 Å². The molecule has 1 aliphatic heterocycles. The van der Waals surface area contributed by atoms with Crippen molar-refractivity contribution >= 4 is 17.6 Å². The van der Waals surface area contributed by atoms with Gasteiger partial charge in [-0.3, -0.25) is 5.10 Å². The van der Waals surface area contributed by atoms with Gasteiger partial charge < -0.3 is 14.7 Å². The van der Waals surface area contributed by atoms with Gasteiger partial charge >= 0.3 is 0 Å². The van der Waals surface area contributed by atoms with Gasteiger partial charge in [-0.1, -0.05) is 12.1 Å². The molecule has 5 rings (SSSR count). The maximum absolute atomic E-state index is 5.60. The molecule has 0 bridgehead atoms. The summed E-state index contributed by atoms with van der Waals surface area (Å²) in [7, 11) is 0. The molecule has 1 aliphatic rings. The van der Waals surface area contributed by atoms with Gasteiger partial charge in [0.05, 0.1) is 6.04 Å². The van der Waals surface area contributed by atoms with Crippen LogP contribution in [0.1, 0.15) is 36.5 Å². The van der Waals surface area contributed by atoms with Crippen molar-refractivity contribution in [3.63, 3.8) is 0 Å². The monoisotopic (exact) mass is 403 g/mol. The number of H-pyrrole nitrogens is 1. The number of nitrogens with one attached hydrogen (secondary N) is 2. The Morgan fingerprint density at radius 1 is 1.17 bits per heavy atom. The van der Waals surface area contributed by atoms with E-state index >= 15 is 0 Å². The minimum Gasteiger partial charge on any atom is -0.358 e. The number of hydrogen-bond donors (Lipinski definition) is 2. The van der Waals surface area contributed by atoms with Crippen molar-refractivity contribution in [2.45, 2.75) is 32.7 Å². The zero-order valence-electron chi connectivity index (χ0n) is 16.7. The lowest BCUT2D eigenvalue weighted by Crippen LogP contribution is -2.42. The second-order valence-electron chi connectivity index (χ2n) is 7.14. The molecule has 4 aromatic rings. The summed E-state index contributed by atoms with van der Waals surface area (Å²) >= 11 is 0. The average Bonchev–Trinajstić information content (AvgIpc) is 3.37. The Balaban J connectivity index is 1.40. The minimum absolute atomic E-state index is 0.0301. The molecule has 2 N–H and O–H groups in total. The number of rotatable bonds is 6. The third-order valence-electron chi connectivity index (χ3n) is 5.02. The normalized spacial score (nSPS) is 15.8. The average molecular weight is 403 g/mol. The van der Waals surface area contributed by atoms with E-state index in [-0.39, 0.29) is 6.04 Å². The lowest BCUT2D eigenvalue weighted by atomic mass is 10.0. The molecule has 1 fully saturated rings. The van der Waals surface area contributed by atoms with Crippen LogP contribution in [0.2, 0.25) is 0 Å². The van der Waals surface area contributed by atoms with Crippen molar-refractivity contribution in [2.75, 3.05) is 16.8 Å². The quantitative estimate of drug-likeness (QED) is 0.499. The van der Waals surface area contributed by atoms with Gasteiger partial charge in [-0.05, 0) is 25.8 Å². The fourth-order valence-corrected chi connectivity index (χ4v) is 3.38. The zero-order chi connectivity index (χ0) is 20.5. The van der Waals surface area contributed by atoms with Crippen LogP contribution < -0.4 is 10.2 Å². The number of aromatic amines is 1. The summed E-state index contributed by atoms with van der Waals surface area (Å²) in [5.74, 6) is 3.40. The van der Waals surface area contributed by atoms with Gasteiger partial charge in [0.2, 0.25) is 5.95 Å². The number of hydrogen-bond acceptors (Lipinski definition) is 9. The molecule has 0 saturated carbocycles. The first-order chi connectivity index (χ1) is 14.7. The second kappa shape index (κ2) is 7.54. The fraction of sp³-hybridized carbons (Fsp3) is 0.300. The van der Waals surface area contributed by atoms with Crippen LogP contribution in [0.4, 0.5) is 17.6 Å². The lowest BCUT2D eigenvalue weighted by Gasteiger charge is -2.39. The van der Waals surface area contributed by atoms with E-state index in [2.05, 4.69) is 42.5 Å². The van der Waals surface area contributed by atoms with Gasteiger partial charge in [-0.15, -0.1) is 0 Å². The molecular formula is C20H21N9O. The number of nitrogens with zero attached hydrogens (tertiary/aromatic N) is 7. The topological polar surface area (TPSA) is 122 Å². The molecule has 5 heterocycles. The first kappa shape index (κ1) is 18.2. The fourth-order valence-electron chi connectivity index (χ4n) is 3.38. The Morgan fingerprint density at radius 3 is 2.73 bits per heavy atom. The predicted molar refractivity (Wildman–Crippen MR) is 110 cm³/mol. The molecule has 4 aromatic heterocycles. The van der Waals surface area contributed by atoms with E-state index in [1.54, 1.807) is 18.5 Å². The van der Waals surface area contributed by atoms with Crippen LogP contribution in [-0.4, -0.2) is 41.8 Å². The highest BCUT2D eigenvalue weighted by atomic mass is 16.5. The highest BCUT2D eigenvalue weighted by molar-refractivity contribution is 5.56. The molecule has 152 valence electrons. The van der Waals surface area contributed by atoms with Gasteiger partial charge in [-0.25, -0.2) is 15.0 Å². The van der Waals surface area contributed by atoms with E-state index in [9.17, 15) is 0 Å². The number of aryl methyl sites for hydroxylation is 2. The van der Waals surface area contributed by atoms with Crippen molar-refractivity contribution in [1.29, 1.82) is 0 Å². The summed E-state index contributed by atoms with van der Waals surface area (Å²) < 4.78 is 5.60. The number of anilines is 3. The molecule has 0 aliphatic carbocycles. The maximum Gasteiger partial charge on any atom is 0.228 e. The third-order valence-corrected chi connectivity index (χ3v) is 5.02. The first-order valence-electron chi connectivity index (χ1n) is 9.87. The molecular weight excluding hydrogens is 382 g/mol. The molecule has 0 unspecified atom stereocenters. The highest BCUT2D eigenvalue weighted by Gasteiger charge is 2.35. The van der Waals surface area contributed by atoms with Crippen molar-refractivity contribution < 1.29 is 4.52 Å². The second-order valence-corrected chi connectivity index (χ2v) is 7.14. The van der Waals surface area contributed by atoms with Crippen molar-refractivity contribution in [1.82, 2.24) is 35.3 Å². The van der Waals surface area contributed by atoms with Crippen molar-refractivity contribution in [3.05, 3.63) is 53.8 Å². The minimum atomic E-state index is 0.0301. The van der Waals surface area contributed by atoms with E-state index in [4.69, 9.17) is 14.5 Å². The summed E-state index contributed by atoms with van der Waals surface area (Å²) in [6, 6.07) is 7.57. The highest BCUT2D eigenvalue weighted by Crippen LogP contribution is 2.37. The van der Waals surface area contributed by atoms with Crippen molar-refractivity contribution in [3.8, 4) is 11.5 Å². The van der Waals surface area contributed by atoms with Gasteiger partial charge in [-0.2, -0.15) is 10.1 Å². The molecule has 0 amide bonds. The summed E-state index contributed by atoms with van der Waals surface area (Å²) in [5, 5.41) is 14.5. The Bertz CT molecular complexity index is 1150. The number of aromatic nitrogens is 7. The van der Waals surface area contributed by atoms with Crippen molar-refractivity contribution in [2.24, 2.45) is 0 Å². The summed E-state index contributed by atoms with van der Waals surface area (Å²) in [6.07, 6.45) is 5.11. The molecule has 0 spiro atoms. The van der Waals surface area contributed by atoms with Gasteiger partial charge in [0.15, 0.2) is 23.1 Å².